The first-order chi connectivity index (χ1) is 13.5. The van der Waals surface area contributed by atoms with Crippen LogP contribution in [0.15, 0.2) is 29.6 Å². The predicted molar refractivity (Wildman–Crippen MR) is 108 cm³/mol. The number of halogens is 1. The Hall–Kier alpha value is -2.32. The molecule has 3 rings (SSSR count). The van der Waals surface area contributed by atoms with Gasteiger partial charge in [-0.1, -0.05) is 12.1 Å². The highest BCUT2D eigenvalue weighted by molar-refractivity contribution is 7.14. The number of hydrogen-bond acceptors (Lipinski definition) is 5. The van der Waals surface area contributed by atoms with Crippen molar-refractivity contribution in [3.05, 3.63) is 46.7 Å². The van der Waals surface area contributed by atoms with E-state index in [-0.39, 0.29) is 17.6 Å². The summed E-state index contributed by atoms with van der Waals surface area (Å²) in [6.45, 7) is 7.72. The van der Waals surface area contributed by atoms with Gasteiger partial charge in [-0.2, -0.15) is 0 Å². The third-order valence-electron chi connectivity index (χ3n) is 4.85. The van der Waals surface area contributed by atoms with E-state index in [0.717, 1.165) is 29.5 Å². The van der Waals surface area contributed by atoms with E-state index in [1.807, 2.05) is 17.2 Å². The number of piperazine rings is 1. The highest BCUT2D eigenvalue weighted by atomic mass is 32.1. The zero-order chi connectivity index (χ0) is 20.1. The number of carbonyl (C=O) groups excluding carboxylic acids is 2. The predicted octanol–water partition coefficient (Wildman–Crippen LogP) is 2.54. The lowest BCUT2D eigenvalue weighted by atomic mass is 10.1. The van der Waals surface area contributed by atoms with Gasteiger partial charge in [0, 0.05) is 51.6 Å². The van der Waals surface area contributed by atoms with Crippen LogP contribution in [0.5, 0.6) is 0 Å². The van der Waals surface area contributed by atoms with E-state index in [4.69, 9.17) is 0 Å². The second-order valence-electron chi connectivity index (χ2n) is 6.84. The second kappa shape index (κ2) is 9.25. The number of thiazole rings is 1. The van der Waals surface area contributed by atoms with Crippen molar-refractivity contribution in [3.63, 3.8) is 0 Å². The molecule has 0 spiro atoms. The Kier molecular flexibility index (Phi) is 6.74. The molecule has 1 saturated heterocycles. The average Bonchev–Trinajstić information content (AvgIpc) is 3.12. The number of nitrogens with zero attached hydrogens (tertiary/aromatic N) is 4. The molecule has 1 aromatic heterocycles. The number of rotatable bonds is 6. The summed E-state index contributed by atoms with van der Waals surface area (Å²) in [6, 6.07) is 6.08. The van der Waals surface area contributed by atoms with E-state index in [9.17, 15) is 14.0 Å². The average molecular weight is 405 g/mol. The Labute approximate surface area is 168 Å². The van der Waals surface area contributed by atoms with Gasteiger partial charge >= 0.3 is 0 Å². The molecule has 0 N–H and O–H groups in total. The van der Waals surface area contributed by atoms with Gasteiger partial charge in [-0.25, -0.2) is 9.37 Å². The Balaban J connectivity index is 1.49. The van der Waals surface area contributed by atoms with Crippen molar-refractivity contribution in [3.8, 4) is 0 Å². The van der Waals surface area contributed by atoms with E-state index in [1.54, 1.807) is 24.0 Å². The summed E-state index contributed by atoms with van der Waals surface area (Å²) in [5.74, 6) is -0.223. The first kappa shape index (κ1) is 20.4. The van der Waals surface area contributed by atoms with Crippen LogP contribution >= 0.6 is 11.3 Å². The van der Waals surface area contributed by atoms with Gasteiger partial charge in [0.25, 0.3) is 0 Å². The van der Waals surface area contributed by atoms with Gasteiger partial charge in [0.2, 0.25) is 11.8 Å². The smallest absolute Gasteiger partial charge is 0.227 e. The number of anilines is 1. The molecule has 2 amide bonds. The van der Waals surface area contributed by atoms with Crippen LogP contribution in [0.25, 0.3) is 0 Å². The van der Waals surface area contributed by atoms with Crippen LogP contribution in [0.2, 0.25) is 0 Å². The van der Waals surface area contributed by atoms with Gasteiger partial charge in [0.05, 0.1) is 12.1 Å². The topological polar surface area (TPSA) is 56.8 Å². The summed E-state index contributed by atoms with van der Waals surface area (Å²) in [5, 5.41) is 2.73. The Morgan fingerprint density at radius 1 is 1.18 bits per heavy atom. The van der Waals surface area contributed by atoms with E-state index in [2.05, 4.69) is 9.88 Å². The maximum absolute atomic E-state index is 13.0. The van der Waals surface area contributed by atoms with Gasteiger partial charge < -0.3 is 4.90 Å². The first-order valence-electron chi connectivity index (χ1n) is 9.43. The number of benzene rings is 1. The van der Waals surface area contributed by atoms with E-state index < -0.39 is 0 Å². The van der Waals surface area contributed by atoms with Crippen LogP contribution in [0.1, 0.15) is 25.1 Å². The molecule has 0 aliphatic carbocycles. The summed E-state index contributed by atoms with van der Waals surface area (Å²) in [5.41, 5.74) is 1.78. The second-order valence-corrected chi connectivity index (χ2v) is 7.68. The molecule has 8 heteroatoms. The largest absolute Gasteiger partial charge is 0.340 e. The van der Waals surface area contributed by atoms with Crippen molar-refractivity contribution < 1.29 is 14.0 Å². The molecule has 6 nitrogen and oxygen atoms in total. The summed E-state index contributed by atoms with van der Waals surface area (Å²) in [6.07, 6.45) is 0.299. The van der Waals surface area contributed by atoms with Crippen molar-refractivity contribution in [2.75, 3.05) is 37.6 Å². The molecule has 0 atom stereocenters. The number of aromatic nitrogens is 1. The molecule has 2 aromatic rings. The molecule has 28 heavy (non-hydrogen) atoms. The standard InChI is InChI=1S/C20H25FN4O2S/c1-3-25(15(2)26)20-22-18(14-28-20)13-23-8-10-24(11-9-23)19(27)12-16-4-6-17(21)7-5-16/h4-7,14H,3,8-13H2,1-2H3. The Bertz CT molecular complexity index is 816. The van der Waals surface area contributed by atoms with Crippen LogP contribution in [0.4, 0.5) is 9.52 Å². The maximum atomic E-state index is 13.0. The molecule has 1 aliphatic heterocycles. The molecule has 1 aliphatic rings. The summed E-state index contributed by atoms with van der Waals surface area (Å²) < 4.78 is 13.0. The molecular formula is C20H25FN4O2S. The zero-order valence-electron chi connectivity index (χ0n) is 16.2. The lowest BCUT2D eigenvalue weighted by Gasteiger charge is -2.34. The van der Waals surface area contributed by atoms with Crippen LogP contribution in [0, 0.1) is 5.82 Å². The highest BCUT2D eigenvalue weighted by Crippen LogP contribution is 2.22. The maximum Gasteiger partial charge on any atom is 0.227 e. The molecule has 0 bridgehead atoms. The van der Waals surface area contributed by atoms with Crippen molar-refractivity contribution in [1.29, 1.82) is 0 Å². The molecule has 2 heterocycles. The monoisotopic (exact) mass is 404 g/mol. The fourth-order valence-corrected chi connectivity index (χ4v) is 4.18. The van der Waals surface area contributed by atoms with E-state index in [1.165, 1.54) is 23.5 Å². The SMILES string of the molecule is CCN(C(C)=O)c1nc(CN2CCN(C(=O)Cc3ccc(F)cc3)CC2)cs1. The van der Waals surface area contributed by atoms with Crippen LogP contribution in [-0.2, 0) is 22.6 Å². The number of carbonyl (C=O) groups is 2. The molecular weight excluding hydrogens is 379 g/mol. The fraction of sp³-hybridized carbons (Fsp3) is 0.450. The van der Waals surface area contributed by atoms with Gasteiger partial charge in [-0.15, -0.1) is 11.3 Å². The Morgan fingerprint density at radius 3 is 2.46 bits per heavy atom. The van der Waals surface area contributed by atoms with Crippen molar-refractivity contribution in [1.82, 2.24) is 14.8 Å². The lowest BCUT2D eigenvalue weighted by Crippen LogP contribution is -2.48. The highest BCUT2D eigenvalue weighted by Gasteiger charge is 2.22. The van der Waals surface area contributed by atoms with Crippen LogP contribution in [0.3, 0.4) is 0 Å². The minimum atomic E-state index is -0.291. The van der Waals surface area contributed by atoms with Crippen molar-refractivity contribution >= 4 is 28.3 Å². The van der Waals surface area contributed by atoms with Crippen LogP contribution < -0.4 is 4.90 Å². The number of amides is 2. The van der Waals surface area contributed by atoms with E-state index in [0.29, 0.717) is 32.6 Å². The van der Waals surface area contributed by atoms with Crippen molar-refractivity contribution in [2.45, 2.75) is 26.8 Å². The summed E-state index contributed by atoms with van der Waals surface area (Å²) in [4.78, 5) is 34.5. The zero-order valence-corrected chi connectivity index (χ0v) is 17.0. The van der Waals surface area contributed by atoms with Gasteiger partial charge in [-0.05, 0) is 24.6 Å². The molecule has 0 saturated carbocycles. The number of hydrogen-bond donors (Lipinski definition) is 0. The van der Waals surface area contributed by atoms with Gasteiger partial charge in [0.1, 0.15) is 5.82 Å². The minimum Gasteiger partial charge on any atom is -0.340 e. The summed E-state index contributed by atoms with van der Waals surface area (Å²) in [7, 11) is 0. The normalized spacial score (nSPS) is 14.9. The van der Waals surface area contributed by atoms with E-state index >= 15 is 0 Å². The Morgan fingerprint density at radius 2 is 1.86 bits per heavy atom. The molecule has 0 unspecified atom stereocenters. The molecule has 150 valence electrons. The lowest BCUT2D eigenvalue weighted by molar-refractivity contribution is -0.132. The quantitative estimate of drug-likeness (QED) is 0.743. The third-order valence-corrected chi connectivity index (χ3v) is 5.76. The fourth-order valence-electron chi connectivity index (χ4n) is 3.26. The minimum absolute atomic E-state index is 0.00307. The third kappa shape index (κ3) is 5.14. The summed E-state index contributed by atoms with van der Waals surface area (Å²) >= 11 is 1.48. The van der Waals surface area contributed by atoms with Crippen LogP contribution in [-0.4, -0.2) is 59.3 Å². The molecule has 1 aromatic carbocycles. The van der Waals surface area contributed by atoms with Gasteiger partial charge in [-0.3, -0.25) is 19.4 Å². The van der Waals surface area contributed by atoms with Crippen molar-refractivity contribution in [2.24, 2.45) is 0 Å². The molecule has 1 fully saturated rings. The first-order valence-corrected chi connectivity index (χ1v) is 10.3. The molecule has 0 radical (unpaired) electrons. The van der Waals surface area contributed by atoms with Gasteiger partial charge in [0.15, 0.2) is 5.13 Å².